The van der Waals surface area contributed by atoms with Gasteiger partial charge in [-0.15, -0.1) is 0 Å². The second-order valence-corrected chi connectivity index (χ2v) is 6.66. The summed E-state index contributed by atoms with van der Waals surface area (Å²) < 4.78 is 83.4. The maximum absolute atomic E-state index is 13.0. The molecule has 1 aromatic rings. The molecule has 26 heavy (non-hydrogen) atoms. The Kier molecular flexibility index (Phi) is 4.94. The van der Waals surface area contributed by atoms with Crippen molar-refractivity contribution in [3.05, 3.63) is 11.3 Å². The van der Waals surface area contributed by atoms with Gasteiger partial charge in [-0.3, -0.25) is 10.00 Å². The number of ether oxygens (including phenoxy) is 1. The van der Waals surface area contributed by atoms with Gasteiger partial charge in [0, 0.05) is 12.6 Å². The zero-order valence-corrected chi connectivity index (χ0v) is 14.4. The third-order valence-electron chi connectivity index (χ3n) is 3.85. The van der Waals surface area contributed by atoms with Crippen LogP contribution in [0.1, 0.15) is 25.1 Å². The summed E-state index contributed by atoms with van der Waals surface area (Å²) in [5.41, 5.74) is -2.77. The number of aryl methyl sites for hydroxylation is 1. The Morgan fingerprint density at radius 3 is 2.31 bits per heavy atom. The lowest BCUT2D eigenvalue weighted by atomic mass is 10.1. The van der Waals surface area contributed by atoms with E-state index in [9.17, 15) is 31.1 Å². The van der Waals surface area contributed by atoms with Crippen LogP contribution in [0.2, 0.25) is 0 Å². The van der Waals surface area contributed by atoms with Gasteiger partial charge in [0.2, 0.25) is 0 Å². The maximum Gasteiger partial charge on any atom is 0.435 e. The molecule has 1 N–H and O–H groups in total. The molecular weight excluding hydrogens is 370 g/mol. The van der Waals surface area contributed by atoms with Gasteiger partial charge in [0.15, 0.2) is 11.8 Å². The molecule has 1 aliphatic heterocycles. The monoisotopic (exact) mass is 388 g/mol. The topological polar surface area (TPSA) is 59.4 Å². The van der Waals surface area contributed by atoms with E-state index in [1.165, 1.54) is 20.9 Å². The SMILES string of the molecule is Cc1c(C(F)(F)F)nn(C)c1NC(=O)N1CC(C(F)(F)F)OC(C)(C)C1. The van der Waals surface area contributed by atoms with Crippen molar-refractivity contribution in [1.82, 2.24) is 14.7 Å². The molecular formula is C14H18F6N4O2. The zero-order chi connectivity index (χ0) is 20.1. The van der Waals surface area contributed by atoms with Crippen LogP contribution >= 0.6 is 0 Å². The van der Waals surface area contributed by atoms with E-state index in [-0.39, 0.29) is 17.9 Å². The fourth-order valence-corrected chi connectivity index (χ4v) is 2.76. The van der Waals surface area contributed by atoms with E-state index in [2.05, 4.69) is 10.4 Å². The first-order valence-corrected chi connectivity index (χ1v) is 7.53. The van der Waals surface area contributed by atoms with Gasteiger partial charge in [0.25, 0.3) is 0 Å². The molecule has 2 rings (SSSR count). The number of rotatable bonds is 1. The van der Waals surface area contributed by atoms with Crippen molar-refractivity contribution < 1.29 is 35.9 Å². The van der Waals surface area contributed by atoms with Gasteiger partial charge in [-0.1, -0.05) is 0 Å². The van der Waals surface area contributed by atoms with Gasteiger partial charge in [0.05, 0.1) is 18.7 Å². The lowest BCUT2D eigenvalue weighted by Gasteiger charge is -2.43. The van der Waals surface area contributed by atoms with Crippen molar-refractivity contribution in [3.8, 4) is 0 Å². The molecule has 0 aliphatic carbocycles. The number of alkyl halides is 6. The van der Waals surface area contributed by atoms with E-state index in [1.54, 1.807) is 0 Å². The van der Waals surface area contributed by atoms with Crippen molar-refractivity contribution in [2.24, 2.45) is 7.05 Å². The Bertz CT molecular complexity index is 695. The number of halogens is 6. The van der Waals surface area contributed by atoms with Gasteiger partial charge in [0.1, 0.15) is 5.82 Å². The molecule has 12 heteroatoms. The molecule has 0 bridgehead atoms. The number of anilines is 1. The Balaban J connectivity index is 2.23. The minimum absolute atomic E-state index is 0.158. The normalized spacial score (nSPS) is 21.0. The number of hydrogen-bond donors (Lipinski definition) is 1. The van der Waals surface area contributed by atoms with E-state index in [0.717, 1.165) is 16.5 Å². The van der Waals surface area contributed by atoms with Gasteiger partial charge < -0.3 is 9.64 Å². The average Bonchev–Trinajstić information content (AvgIpc) is 2.72. The van der Waals surface area contributed by atoms with Crippen LogP contribution in [0.5, 0.6) is 0 Å². The predicted molar refractivity (Wildman–Crippen MR) is 78.5 cm³/mol. The van der Waals surface area contributed by atoms with E-state index >= 15 is 0 Å². The summed E-state index contributed by atoms with van der Waals surface area (Å²) >= 11 is 0. The number of urea groups is 1. The highest BCUT2D eigenvalue weighted by molar-refractivity contribution is 5.89. The number of morpholine rings is 1. The van der Waals surface area contributed by atoms with Crippen molar-refractivity contribution in [2.45, 2.75) is 44.8 Å². The first-order valence-electron chi connectivity index (χ1n) is 7.53. The Morgan fingerprint density at radius 1 is 1.27 bits per heavy atom. The van der Waals surface area contributed by atoms with Crippen molar-refractivity contribution in [3.63, 3.8) is 0 Å². The van der Waals surface area contributed by atoms with Crippen molar-refractivity contribution in [2.75, 3.05) is 18.4 Å². The van der Waals surface area contributed by atoms with Gasteiger partial charge in [-0.05, 0) is 20.8 Å². The summed E-state index contributed by atoms with van der Waals surface area (Å²) in [6.45, 7) is 2.98. The maximum atomic E-state index is 13.0. The standard InChI is InChI=1S/C14H18F6N4O2/c1-7-9(14(18,19)20)22-23(4)10(7)21-11(25)24-5-8(13(15,16)17)26-12(2,3)6-24/h8H,5-6H2,1-4H3,(H,21,25). The molecule has 0 aromatic carbocycles. The molecule has 0 radical (unpaired) electrons. The van der Waals surface area contributed by atoms with Gasteiger partial charge >= 0.3 is 18.4 Å². The van der Waals surface area contributed by atoms with Crippen LogP contribution in [-0.2, 0) is 18.0 Å². The molecule has 1 fully saturated rings. The molecule has 2 heterocycles. The van der Waals surface area contributed by atoms with Crippen LogP contribution in [0.3, 0.4) is 0 Å². The first kappa shape index (κ1) is 20.3. The Hall–Kier alpha value is -1.98. The van der Waals surface area contributed by atoms with Gasteiger partial charge in [-0.2, -0.15) is 31.4 Å². The summed E-state index contributed by atoms with van der Waals surface area (Å²) in [4.78, 5) is 13.2. The number of nitrogens with zero attached hydrogens (tertiary/aromatic N) is 3. The lowest BCUT2D eigenvalue weighted by Crippen LogP contribution is -2.59. The highest BCUT2D eigenvalue weighted by Crippen LogP contribution is 2.35. The van der Waals surface area contributed by atoms with E-state index < -0.39 is 42.3 Å². The van der Waals surface area contributed by atoms with E-state index in [4.69, 9.17) is 4.74 Å². The molecule has 2 amide bonds. The molecule has 0 spiro atoms. The lowest BCUT2D eigenvalue weighted by molar-refractivity contribution is -0.267. The fourth-order valence-electron chi connectivity index (χ4n) is 2.76. The van der Waals surface area contributed by atoms with E-state index in [0.29, 0.717) is 0 Å². The van der Waals surface area contributed by atoms with Crippen molar-refractivity contribution >= 4 is 11.8 Å². The van der Waals surface area contributed by atoms with Crippen molar-refractivity contribution in [1.29, 1.82) is 0 Å². The Labute approximate surface area is 145 Å². The third-order valence-corrected chi connectivity index (χ3v) is 3.85. The molecule has 1 unspecified atom stereocenters. The van der Waals surface area contributed by atoms with Crippen LogP contribution in [0.15, 0.2) is 0 Å². The summed E-state index contributed by atoms with van der Waals surface area (Å²) in [7, 11) is 1.19. The predicted octanol–water partition coefficient (Wildman–Crippen LogP) is 3.32. The number of aromatic nitrogens is 2. The van der Waals surface area contributed by atoms with Crippen LogP contribution in [-0.4, -0.2) is 51.7 Å². The van der Waals surface area contributed by atoms with Crippen LogP contribution in [0, 0.1) is 6.92 Å². The Morgan fingerprint density at radius 2 is 1.85 bits per heavy atom. The van der Waals surface area contributed by atoms with E-state index in [1.807, 2.05) is 0 Å². The van der Waals surface area contributed by atoms with Crippen LogP contribution in [0.4, 0.5) is 37.0 Å². The highest BCUT2D eigenvalue weighted by Gasteiger charge is 2.49. The fraction of sp³-hybridized carbons (Fsp3) is 0.714. The average molecular weight is 388 g/mol. The third kappa shape index (κ3) is 4.22. The second-order valence-electron chi connectivity index (χ2n) is 6.66. The number of carbonyl (C=O) groups is 1. The number of nitrogens with one attached hydrogen (secondary N) is 1. The highest BCUT2D eigenvalue weighted by atomic mass is 19.4. The van der Waals surface area contributed by atoms with Crippen LogP contribution in [0.25, 0.3) is 0 Å². The molecule has 1 atom stereocenters. The summed E-state index contributed by atoms with van der Waals surface area (Å²) in [6.07, 6.45) is -11.6. The minimum atomic E-state index is -4.72. The minimum Gasteiger partial charge on any atom is -0.359 e. The number of carbonyl (C=O) groups excluding carboxylic acids is 1. The molecule has 1 aromatic heterocycles. The number of amides is 2. The van der Waals surface area contributed by atoms with Crippen LogP contribution < -0.4 is 5.32 Å². The quantitative estimate of drug-likeness (QED) is 0.751. The number of hydrogen-bond acceptors (Lipinski definition) is 3. The zero-order valence-electron chi connectivity index (χ0n) is 14.4. The first-order chi connectivity index (χ1) is 11.6. The largest absolute Gasteiger partial charge is 0.435 e. The molecule has 1 aliphatic rings. The molecule has 148 valence electrons. The molecule has 1 saturated heterocycles. The molecule has 6 nitrogen and oxygen atoms in total. The second kappa shape index (κ2) is 6.32. The molecule has 0 saturated carbocycles. The summed E-state index contributed by atoms with van der Waals surface area (Å²) in [5, 5.41) is 5.53. The van der Waals surface area contributed by atoms with Gasteiger partial charge in [-0.25, -0.2) is 4.79 Å². The summed E-state index contributed by atoms with van der Waals surface area (Å²) in [5.74, 6) is -0.241. The smallest absolute Gasteiger partial charge is 0.359 e. The summed E-state index contributed by atoms with van der Waals surface area (Å²) in [6, 6.07) is -0.963.